The first kappa shape index (κ1) is 19.0. The second-order valence-electron chi connectivity index (χ2n) is 5.35. The summed E-state index contributed by atoms with van der Waals surface area (Å²) in [4.78, 5) is 35.1. The lowest BCUT2D eigenvalue weighted by Gasteiger charge is -2.08. The molecule has 2 aromatic rings. The number of rotatable bonds is 6. The fourth-order valence-corrected chi connectivity index (χ4v) is 2.06. The average Bonchev–Trinajstić information content (AvgIpc) is 2.64. The van der Waals surface area contributed by atoms with Crippen molar-refractivity contribution >= 4 is 17.7 Å². The van der Waals surface area contributed by atoms with E-state index in [9.17, 15) is 23.2 Å². The van der Waals surface area contributed by atoms with E-state index < -0.39 is 23.4 Å². The Hall–Kier alpha value is -3.29. The quantitative estimate of drug-likeness (QED) is 0.543. The van der Waals surface area contributed by atoms with Crippen LogP contribution in [0.2, 0.25) is 0 Å². The molecule has 0 aromatic heterocycles. The monoisotopic (exact) mass is 361 g/mol. The third-order valence-corrected chi connectivity index (χ3v) is 3.41. The molecule has 2 aromatic carbocycles. The summed E-state index contributed by atoms with van der Waals surface area (Å²) >= 11 is 0. The van der Waals surface area contributed by atoms with Crippen LogP contribution in [0.15, 0.2) is 48.5 Å². The Morgan fingerprint density at radius 2 is 1.54 bits per heavy atom. The van der Waals surface area contributed by atoms with Gasteiger partial charge >= 0.3 is 0 Å². The van der Waals surface area contributed by atoms with Crippen molar-refractivity contribution in [2.75, 3.05) is 6.54 Å². The number of amides is 3. The molecule has 0 saturated heterocycles. The van der Waals surface area contributed by atoms with Gasteiger partial charge < -0.3 is 5.32 Å². The number of hydrogen-bond donors (Lipinski definition) is 3. The highest BCUT2D eigenvalue weighted by Crippen LogP contribution is 2.05. The Bertz CT molecular complexity index is 795. The molecule has 0 aliphatic heterocycles. The van der Waals surface area contributed by atoms with E-state index in [2.05, 4.69) is 16.2 Å². The zero-order valence-corrected chi connectivity index (χ0v) is 13.7. The van der Waals surface area contributed by atoms with Gasteiger partial charge in [-0.25, -0.2) is 8.78 Å². The van der Waals surface area contributed by atoms with E-state index in [4.69, 9.17) is 0 Å². The zero-order valence-electron chi connectivity index (χ0n) is 13.7. The summed E-state index contributed by atoms with van der Waals surface area (Å²) in [6.07, 6.45) is 0.371. The highest BCUT2D eigenvalue weighted by molar-refractivity contribution is 5.95. The second kappa shape index (κ2) is 9.26. The zero-order chi connectivity index (χ0) is 18.9. The van der Waals surface area contributed by atoms with Crippen LogP contribution < -0.4 is 16.2 Å². The molecule has 0 saturated carbocycles. The number of carbonyl (C=O) groups excluding carboxylic acids is 3. The summed E-state index contributed by atoms with van der Waals surface area (Å²) in [6.45, 7) is 0.227. The lowest BCUT2D eigenvalue weighted by molar-refractivity contribution is -0.121. The third kappa shape index (κ3) is 5.66. The van der Waals surface area contributed by atoms with Crippen LogP contribution in [-0.4, -0.2) is 24.3 Å². The lowest BCUT2D eigenvalue weighted by atomic mass is 10.2. The number of halogens is 2. The van der Waals surface area contributed by atoms with Crippen LogP contribution >= 0.6 is 0 Å². The van der Waals surface area contributed by atoms with Gasteiger partial charge in [0.2, 0.25) is 5.91 Å². The van der Waals surface area contributed by atoms with Crippen LogP contribution in [0.5, 0.6) is 0 Å². The molecule has 6 nitrogen and oxygen atoms in total. The summed E-state index contributed by atoms with van der Waals surface area (Å²) in [5.41, 5.74) is 4.43. The van der Waals surface area contributed by atoms with Crippen molar-refractivity contribution in [3.05, 3.63) is 71.3 Å². The molecule has 0 fully saturated rings. The molecule has 3 N–H and O–H groups in total. The van der Waals surface area contributed by atoms with Crippen molar-refractivity contribution in [1.29, 1.82) is 0 Å². The first-order valence-corrected chi connectivity index (χ1v) is 7.85. The van der Waals surface area contributed by atoms with Crippen LogP contribution in [-0.2, 0) is 4.79 Å². The Morgan fingerprint density at radius 3 is 2.23 bits per heavy atom. The summed E-state index contributed by atoms with van der Waals surface area (Å²) in [7, 11) is 0. The molecular formula is C18H17F2N3O3. The molecule has 136 valence electrons. The molecule has 2 rings (SSSR count). The summed E-state index contributed by atoms with van der Waals surface area (Å²) in [5.74, 6) is -2.75. The van der Waals surface area contributed by atoms with Crippen molar-refractivity contribution in [2.45, 2.75) is 12.8 Å². The van der Waals surface area contributed by atoms with Crippen LogP contribution in [0.1, 0.15) is 33.6 Å². The van der Waals surface area contributed by atoms with Crippen molar-refractivity contribution in [1.82, 2.24) is 16.2 Å². The Labute approximate surface area is 148 Å². The number of hydrogen-bond acceptors (Lipinski definition) is 3. The Kier molecular flexibility index (Phi) is 6.78. The van der Waals surface area contributed by atoms with E-state index >= 15 is 0 Å². The molecule has 0 spiro atoms. The molecule has 8 heteroatoms. The molecule has 3 amide bonds. The Balaban J connectivity index is 1.66. The van der Waals surface area contributed by atoms with Crippen molar-refractivity contribution in [3.63, 3.8) is 0 Å². The van der Waals surface area contributed by atoms with Crippen molar-refractivity contribution in [2.24, 2.45) is 0 Å². The highest BCUT2D eigenvalue weighted by atomic mass is 19.1. The average molecular weight is 361 g/mol. The van der Waals surface area contributed by atoms with Crippen LogP contribution in [0.25, 0.3) is 0 Å². The maximum absolute atomic E-state index is 13.4. The number of benzene rings is 2. The van der Waals surface area contributed by atoms with Gasteiger partial charge in [0.25, 0.3) is 11.8 Å². The summed E-state index contributed by atoms with van der Waals surface area (Å²) in [5, 5.41) is 2.59. The molecule has 0 aliphatic carbocycles. The lowest BCUT2D eigenvalue weighted by Crippen LogP contribution is -2.42. The standard InChI is InChI=1S/C18H17F2N3O3/c19-13-9-7-12(8-10-13)17(25)21-11-3-6-16(24)22-23-18(26)14-4-1-2-5-15(14)20/h1-2,4-5,7-10H,3,6,11H2,(H,21,25)(H,22,24)(H,23,26). The van der Waals surface area contributed by atoms with Crippen LogP contribution in [0, 0.1) is 11.6 Å². The molecule has 0 bridgehead atoms. The molecule has 0 heterocycles. The topological polar surface area (TPSA) is 87.3 Å². The molecule has 0 aliphatic rings. The fraction of sp³-hybridized carbons (Fsp3) is 0.167. The molecule has 0 atom stereocenters. The van der Waals surface area contributed by atoms with E-state index in [-0.39, 0.29) is 24.4 Å². The maximum atomic E-state index is 13.4. The number of hydrazine groups is 1. The van der Waals surface area contributed by atoms with Gasteiger partial charge in [0.1, 0.15) is 11.6 Å². The molecule has 26 heavy (non-hydrogen) atoms. The van der Waals surface area contributed by atoms with Gasteiger partial charge in [-0.3, -0.25) is 25.2 Å². The van der Waals surface area contributed by atoms with E-state index in [1.165, 1.54) is 42.5 Å². The largest absolute Gasteiger partial charge is 0.352 e. The van der Waals surface area contributed by atoms with Gasteiger partial charge in [-0.1, -0.05) is 12.1 Å². The minimum Gasteiger partial charge on any atom is -0.352 e. The first-order chi connectivity index (χ1) is 12.5. The number of carbonyl (C=O) groups is 3. The van der Waals surface area contributed by atoms with Crippen LogP contribution in [0.3, 0.4) is 0 Å². The molecule has 0 radical (unpaired) electrons. The maximum Gasteiger partial charge on any atom is 0.272 e. The minimum absolute atomic E-state index is 0.0429. The van der Waals surface area contributed by atoms with Gasteiger partial charge in [-0.15, -0.1) is 0 Å². The van der Waals surface area contributed by atoms with E-state index in [1.807, 2.05) is 0 Å². The first-order valence-electron chi connectivity index (χ1n) is 7.85. The summed E-state index contributed by atoms with van der Waals surface area (Å²) in [6, 6.07) is 10.5. The molecule has 0 unspecified atom stereocenters. The summed E-state index contributed by atoms with van der Waals surface area (Å²) < 4.78 is 26.2. The van der Waals surface area contributed by atoms with E-state index in [0.717, 1.165) is 6.07 Å². The smallest absolute Gasteiger partial charge is 0.272 e. The van der Waals surface area contributed by atoms with Gasteiger partial charge in [0.15, 0.2) is 0 Å². The van der Waals surface area contributed by atoms with E-state index in [1.54, 1.807) is 0 Å². The predicted octanol–water partition coefficient (Wildman–Crippen LogP) is 1.94. The minimum atomic E-state index is -0.763. The van der Waals surface area contributed by atoms with Gasteiger partial charge in [-0.05, 0) is 42.8 Å². The fourth-order valence-electron chi connectivity index (χ4n) is 2.06. The predicted molar refractivity (Wildman–Crippen MR) is 90.0 cm³/mol. The SMILES string of the molecule is O=C(CCCNC(=O)c1ccc(F)cc1)NNC(=O)c1ccccc1F. The van der Waals surface area contributed by atoms with Gasteiger partial charge in [-0.2, -0.15) is 0 Å². The highest BCUT2D eigenvalue weighted by Gasteiger charge is 2.11. The van der Waals surface area contributed by atoms with Crippen molar-refractivity contribution in [3.8, 4) is 0 Å². The molecular weight excluding hydrogens is 344 g/mol. The van der Waals surface area contributed by atoms with Crippen LogP contribution in [0.4, 0.5) is 8.78 Å². The normalized spacial score (nSPS) is 10.1. The van der Waals surface area contributed by atoms with Crippen molar-refractivity contribution < 1.29 is 23.2 Å². The van der Waals surface area contributed by atoms with Gasteiger partial charge in [0.05, 0.1) is 5.56 Å². The number of nitrogens with one attached hydrogen (secondary N) is 3. The van der Waals surface area contributed by atoms with E-state index in [0.29, 0.717) is 12.0 Å². The Morgan fingerprint density at radius 1 is 0.846 bits per heavy atom. The second-order valence-corrected chi connectivity index (χ2v) is 5.35. The third-order valence-electron chi connectivity index (χ3n) is 3.41. The van der Waals surface area contributed by atoms with Gasteiger partial charge in [0, 0.05) is 18.5 Å².